The quantitative estimate of drug-likeness (QED) is 0.906. The molecular weight excluding hydrogens is 258 g/mol. The van der Waals surface area contributed by atoms with E-state index in [9.17, 15) is 0 Å². The first-order chi connectivity index (χ1) is 9.35. The maximum absolute atomic E-state index is 8.81. The van der Waals surface area contributed by atoms with Gasteiger partial charge in [-0.25, -0.2) is 0 Å². The molecule has 0 amide bonds. The number of aromatic nitrogens is 3. The van der Waals surface area contributed by atoms with Crippen LogP contribution in [0.3, 0.4) is 0 Å². The molecule has 1 aliphatic rings. The molecule has 19 heavy (non-hydrogen) atoms. The fraction of sp³-hybridized carbons (Fsp3) is 0.429. The summed E-state index contributed by atoms with van der Waals surface area (Å²) in [6, 6.07) is 8.59. The van der Waals surface area contributed by atoms with Gasteiger partial charge in [-0.1, -0.05) is 23.4 Å². The second kappa shape index (κ2) is 5.75. The molecule has 2 heterocycles. The molecule has 0 spiro atoms. The number of fused-ring (bicyclic) bond motifs is 1. The van der Waals surface area contributed by atoms with Crippen LogP contribution in [0.1, 0.15) is 17.7 Å². The second-order valence-electron chi connectivity index (χ2n) is 4.81. The van der Waals surface area contributed by atoms with Gasteiger partial charge in [-0.2, -0.15) is 0 Å². The van der Waals surface area contributed by atoms with E-state index in [1.807, 2.05) is 22.6 Å². The summed E-state index contributed by atoms with van der Waals surface area (Å²) >= 11 is 1.93. The Labute approximate surface area is 116 Å². The van der Waals surface area contributed by atoms with E-state index in [2.05, 4.69) is 34.6 Å². The zero-order valence-electron chi connectivity index (χ0n) is 10.7. The minimum absolute atomic E-state index is 0.209. The summed E-state index contributed by atoms with van der Waals surface area (Å²) in [5.74, 6) is 0. The smallest absolute Gasteiger partial charge is 0.0828 e. The van der Waals surface area contributed by atoms with Gasteiger partial charge in [0.05, 0.1) is 12.2 Å². The Balaban J connectivity index is 1.60. The molecule has 0 radical (unpaired) electrons. The SMILES string of the molecule is OCCCc1cn(CC2Cc3ccccc3S2)nn1. The van der Waals surface area contributed by atoms with Crippen molar-refractivity contribution in [1.29, 1.82) is 0 Å². The fourth-order valence-corrected chi connectivity index (χ4v) is 3.68. The zero-order chi connectivity index (χ0) is 13.1. The third kappa shape index (κ3) is 2.98. The van der Waals surface area contributed by atoms with Crippen molar-refractivity contribution < 1.29 is 5.11 Å². The molecular formula is C14H17N3OS. The minimum Gasteiger partial charge on any atom is -0.396 e. The predicted molar refractivity (Wildman–Crippen MR) is 75.2 cm³/mol. The molecule has 1 N–H and O–H groups in total. The molecule has 4 nitrogen and oxygen atoms in total. The standard InChI is InChI=1S/C14H17N3OS/c18-7-3-5-12-9-17(16-15-12)10-13-8-11-4-1-2-6-14(11)19-13/h1-2,4,6,9,13,18H,3,5,7-8,10H2. The second-order valence-corrected chi connectivity index (χ2v) is 6.15. The molecule has 1 aromatic heterocycles. The monoisotopic (exact) mass is 275 g/mol. The Kier molecular flexibility index (Phi) is 3.84. The van der Waals surface area contributed by atoms with Gasteiger partial charge in [-0.15, -0.1) is 16.9 Å². The highest BCUT2D eigenvalue weighted by molar-refractivity contribution is 8.00. The van der Waals surface area contributed by atoms with Gasteiger partial charge in [0, 0.05) is 22.9 Å². The van der Waals surface area contributed by atoms with Gasteiger partial charge in [0.2, 0.25) is 0 Å². The van der Waals surface area contributed by atoms with E-state index in [0.29, 0.717) is 5.25 Å². The van der Waals surface area contributed by atoms with E-state index in [1.54, 1.807) is 0 Å². The Morgan fingerprint density at radius 3 is 3.11 bits per heavy atom. The average Bonchev–Trinajstić information content (AvgIpc) is 3.02. The first kappa shape index (κ1) is 12.7. The highest BCUT2D eigenvalue weighted by Gasteiger charge is 2.22. The zero-order valence-corrected chi connectivity index (χ0v) is 11.5. The van der Waals surface area contributed by atoms with Gasteiger partial charge in [0.25, 0.3) is 0 Å². The molecule has 1 atom stereocenters. The lowest BCUT2D eigenvalue weighted by atomic mass is 10.1. The summed E-state index contributed by atoms with van der Waals surface area (Å²) in [4.78, 5) is 1.40. The summed E-state index contributed by atoms with van der Waals surface area (Å²) in [6.45, 7) is 1.10. The van der Waals surface area contributed by atoms with Gasteiger partial charge in [0.15, 0.2) is 0 Å². The van der Waals surface area contributed by atoms with Crippen molar-refractivity contribution in [3.63, 3.8) is 0 Å². The first-order valence-corrected chi connectivity index (χ1v) is 7.47. The number of hydrogen-bond donors (Lipinski definition) is 1. The van der Waals surface area contributed by atoms with Crippen LogP contribution in [0.4, 0.5) is 0 Å². The Bertz CT molecular complexity index is 530. The maximum atomic E-state index is 8.81. The van der Waals surface area contributed by atoms with E-state index in [1.165, 1.54) is 10.5 Å². The lowest BCUT2D eigenvalue weighted by molar-refractivity contribution is 0.288. The fourth-order valence-electron chi connectivity index (χ4n) is 2.37. The molecule has 2 aromatic rings. The number of aryl methyl sites for hydroxylation is 1. The van der Waals surface area contributed by atoms with Crippen molar-refractivity contribution in [2.75, 3.05) is 6.61 Å². The molecule has 1 aliphatic heterocycles. The van der Waals surface area contributed by atoms with Crippen molar-refractivity contribution >= 4 is 11.8 Å². The Hall–Kier alpha value is -1.33. The lowest BCUT2D eigenvalue weighted by Crippen LogP contribution is -2.12. The van der Waals surface area contributed by atoms with E-state index in [-0.39, 0.29) is 6.61 Å². The highest BCUT2D eigenvalue weighted by Crippen LogP contribution is 2.37. The van der Waals surface area contributed by atoms with E-state index in [4.69, 9.17) is 5.11 Å². The van der Waals surface area contributed by atoms with Gasteiger partial charge in [0.1, 0.15) is 0 Å². The number of benzene rings is 1. The van der Waals surface area contributed by atoms with Gasteiger partial charge < -0.3 is 5.11 Å². The van der Waals surface area contributed by atoms with Crippen molar-refractivity contribution in [3.05, 3.63) is 41.7 Å². The number of hydrogen-bond acceptors (Lipinski definition) is 4. The normalized spacial score (nSPS) is 17.6. The largest absolute Gasteiger partial charge is 0.396 e. The van der Waals surface area contributed by atoms with Crippen LogP contribution in [0.5, 0.6) is 0 Å². The third-order valence-corrected chi connectivity index (χ3v) is 4.58. The number of aliphatic hydroxyl groups excluding tert-OH is 1. The number of nitrogens with zero attached hydrogens (tertiary/aromatic N) is 3. The molecule has 100 valence electrons. The summed E-state index contributed by atoms with van der Waals surface area (Å²) < 4.78 is 1.93. The summed E-state index contributed by atoms with van der Waals surface area (Å²) in [6.07, 6.45) is 4.66. The molecule has 0 fully saturated rings. The van der Waals surface area contributed by atoms with Crippen LogP contribution < -0.4 is 0 Å². The van der Waals surface area contributed by atoms with Crippen LogP contribution in [0.2, 0.25) is 0 Å². The molecule has 5 heteroatoms. The van der Waals surface area contributed by atoms with E-state index < -0.39 is 0 Å². The third-order valence-electron chi connectivity index (χ3n) is 3.28. The topological polar surface area (TPSA) is 50.9 Å². The van der Waals surface area contributed by atoms with Crippen LogP contribution in [0.15, 0.2) is 35.4 Å². The molecule has 1 aromatic carbocycles. The van der Waals surface area contributed by atoms with Crippen LogP contribution in [0, 0.1) is 0 Å². The van der Waals surface area contributed by atoms with Crippen molar-refractivity contribution in [2.24, 2.45) is 0 Å². The molecule has 3 rings (SSSR count). The number of rotatable bonds is 5. The van der Waals surface area contributed by atoms with E-state index in [0.717, 1.165) is 31.5 Å². The summed E-state index contributed by atoms with van der Waals surface area (Å²) in [5.41, 5.74) is 2.41. The van der Waals surface area contributed by atoms with E-state index >= 15 is 0 Å². The minimum atomic E-state index is 0.209. The van der Waals surface area contributed by atoms with Crippen LogP contribution >= 0.6 is 11.8 Å². The highest BCUT2D eigenvalue weighted by atomic mass is 32.2. The number of aliphatic hydroxyl groups is 1. The van der Waals surface area contributed by atoms with Crippen molar-refractivity contribution in [3.8, 4) is 0 Å². The van der Waals surface area contributed by atoms with Crippen molar-refractivity contribution in [2.45, 2.75) is 36.0 Å². The molecule has 0 saturated heterocycles. The first-order valence-electron chi connectivity index (χ1n) is 6.59. The van der Waals surface area contributed by atoms with Crippen LogP contribution in [-0.2, 0) is 19.4 Å². The molecule has 0 saturated carbocycles. The van der Waals surface area contributed by atoms with Gasteiger partial charge in [-0.05, 0) is 30.9 Å². The lowest BCUT2D eigenvalue weighted by Gasteiger charge is -2.06. The average molecular weight is 275 g/mol. The summed E-state index contributed by atoms with van der Waals surface area (Å²) in [5, 5.41) is 17.7. The maximum Gasteiger partial charge on any atom is 0.0828 e. The van der Waals surface area contributed by atoms with Crippen molar-refractivity contribution in [1.82, 2.24) is 15.0 Å². The van der Waals surface area contributed by atoms with Gasteiger partial charge in [-0.3, -0.25) is 4.68 Å². The predicted octanol–water partition coefficient (Wildman–Crippen LogP) is 1.92. The number of thioether (sulfide) groups is 1. The van der Waals surface area contributed by atoms with Gasteiger partial charge >= 0.3 is 0 Å². The Morgan fingerprint density at radius 2 is 2.26 bits per heavy atom. The van der Waals surface area contributed by atoms with Crippen LogP contribution in [-0.4, -0.2) is 32.0 Å². The van der Waals surface area contributed by atoms with Crippen LogP contribution in [0.25, 0.3) is 0 Å². The molecule has 1 unspecified atom stereocenters. The molecule has 0 bridgehead atoms. The Morgan fingerprint density at radius 1 is 1.37 bits per heavy atom. The summed E-state index contributed by atoms with van der Waals surface area (Å²) in [7, 11) is 0. The molecule has 0 aliphatic carbocycles.